The number of carbonyl (C=O) groups excluding carboxylic acids is 2. The Morgan fingerprint density at radius 2 is 1.37 bits per heavy atom. The Kier molecular flexibility index (Phi) is 6.27. The van der Waals surface area contributed by atoms with Crippen LogP contribution >= 0.6 is 0 Å². The first-order valence-corrected chi connectivity index (χ1v) is 11.6. The van der Waals surface area contributed by atoms with Gasteiger partial charge in [0.1, 0.15) is 0 Å². The molecule has 2 aliphatic carbocycles. The van der Waals surface area contributed by atoms with E-state index in [0.717, 1.165) is 16.0 Å². The number of fused-ring (bicyclic) bond motifs is 1. The number of amides is 2. The summed E-state index contributed by atoms with van der Waals surface area (Å²) in [5.41, 5.74) is 10.4. The number of nitrogens with zero attached hydrogens (tertiary/aromatic N) is 1. The van der Waals surface area contributed by atoms with E-state index in [0.29, 0.717) is 13.0 Å². The summed E-state index contributed by atoms with van der Waals surface area (Å²) in [5, 5.41) is 0. The summed E-state index contributed by atoms with van der Waals surface area (Å²) < 4.78 is 4.63. The quantitative estimate of drug-likeness (QED) is 0.279. The minimum absolute atomic E-state index is 0.133. The van der Waals surface area contributed by atoms with Crippen LogP contribution in [0.2, 0.25) is 0 Å². The van der Waals surface area contributed by atoms with Crippen LogP contribution in [-0.2, 0) is 16.0 Å². The molecule has 0 saturated carbocycles. The van der Waals surface area contributed by atoms with E-state index in [9.17, 15) is 9.59 Å². The lowest BCUT2D eigenvalue weighted by atomic mass is 9.74. The van der Waals surface area contributed by atoms with Gasteiger partial charge in [-0.2, -0.15) is 0 Å². The van der Waals surface area contributed by atoms with E-state index in [4.69, 9.17) is 0 Å². The molecule has 0 N–H and O–H groups in total. The van der Waals surface area contributed by atoms with Gasteiger partial charge in [-0.25, -0.2) is 9.69 Å². The van der Waals surface area contributed by atoms with Crippen LogP contribution in [0, 0.1) is 0 Å². The van der Waals surface area contributed by atoms with Gasteiger partial charge in [0.15, 0.2) is 6.61 Å². The van der Waals surface area contributed by atoms with Gasteiger partial charge in [-0.3, -0.25) is 4.79 Å². The van der Waals surface area contributed by atoms with Gasteiger partial charge in [-0.15, -0.1) is 0 Å². The lowest BCUT2D eigenvalue weighted by Gasteiger charge is -2.29. The molecule has 2 amide bonds. The standard InChI is InChI=1S/C18H12.C13H13NO3/c1-3-7-13(8-4-1)17-15-11-12-16(15)18(17)14-9-5-2-6-10-14;1-2-10-4-3-5-11(8-10)6-7-14-12(15)9-17-13(14)16/h1-12H;2-5,8H,1,6-7,9H2. The summed E-state index contributed by atoms with van der Waals surface area (Å²) in [6.45, 7) is 3.92. The van der Waals surface area contributed by atoms with Crippen molar-refractivity contribution in [1.82, 2.24) is 4.90 Å². The maximum atomic E-state index is 11.3. The zero-order valence-corrected chi connectivity index (χ0v) is 19.3. The largest absolute Gasteiger partial charge is 0.439 e. The molecule has 3 aromatic carbocycles. The van der Waals surface area contributed by atoms with Crippen LogP contribution in [0.4, 0.5) is 4.79 Å². The third-order valence-corrected chi connectivity index (χ3v) is 6.27. The molecule has 0 radical (unpaired) electrons. The van der Waals surface area contributed by atoms with Gasteiger partial charge in [0.25, 0.3) is 5.91 Å². The fourth-order valence-corrected chi connectivity index (χ4v) is 4.42. The summed E-state index contributed by atoms with van der Waals surface area (Å²) in [6.07, 6.45) is 1.84. The number of rotatable bonds is 6. The average molecular weight is 460 g/mol. The first-order chi connectivity index (χ1) is 17.2. The Morgan fingerprint density at radius 1 is 0.771 bits per heavy atom. The first-order valence-electron chi connectivity index (χ1n) is 11.6. The van der Waals surface area contributed by atoms with Crippen LogP contribution in [0.5, 0.6) is 0 Å². The molecule has 35 heavy (non-hydrogen) atoms. The van der Waals surface area contributed by atoms with Crippen molar-refractivity contribution in [2.45, 2.75) is 6.42 Å². The SMILES string of the molecule is C=Cc1cccc(CCN2C(=O)COC2=O)c1.c1ccc(-c2c3ccc-3c2-c2ccccc2)cc1. The molecule has 3 aliphatic rings. The Morgan fingerprint density at radius 3 is 1.86 bits per heavy atom. The van der Waals surface area contributed by atoms with E-state index in [1.165, 1.54) is 33.4 Å². The van der Waals surface area contributed by atoms with Crippen molar-refractivity contribution in [1.29, 1.82) is 0 Å². The topological polar surface area (TPSA) is 46.6 Å². The zero-order chi connectivity index (χ0) is 24.2. The lowest BCUT2D eigenvalue weighted by Crippen LogP contribution is -2.31. The van der Waals surface area contributed by atoms with Gasteiger partial charge in [0.05, 0.1) is 0 Å². The van der Waals surface area contributed by atoms with Crippen molar-refractivity contribution >= 4 is 18.1 Å². The van der Waals surface area contributed by atoms with Crippen LogP contribution < -0.4 is 0 Å². The normalized spacial score (nSPS) is 13.1. The zero-order valence-electron chi connectivity index (χ0n) is 19.3. The van der Waals surface area contributed by atoms with E-state index in [1.54, 1.807) is 6.08 Å². The molecule has 0 unspecified atom stereocenters. The monoisotopic (exact) mass is 459 g/mol. The minimum Gasteiger partial charge on any atom is -0.439 e. The molecule has 4 heteroatoms. The molecular formula is C31H25NO3. The third kappa shape index (κ3) is 4.51. The second-order valence-corrected chi connectivity index (χ2v) is 8.44. The summed E-state index contributed by atoms with van der Waals surface area (Å²) >= 11 is 0. The number of hydrogen-bond donors (Lipinski definition) is 0. The second-order valence-electron chi connectivity index (χ2n) is 8.44. The van der Waals surface area contributed by atoms with Gasteiger partial charge in [-0.05, 0) is 50.9 Å². The predicted octanol–water partition coefficient (Wildman–Crippen LogP) is 6.85. The molecule has 3 aromatic rings. The number of hydrogen-bond acceptors (Lipinski definition) is 3. The number of cyclic esters (lactones) is 1. The minimum atomic E-state index is -0.546. The van der Waals surface area contributed by atoms with Crippen LogP contribution in [-0.4, -0.2) is 30.1 Å². The molecule has 6 rings (SSSR count). The maximum absolute atomic E-state index is 11.3. The molecule has 1 fully saturated rings. The highest BCUT2D eigenvalue weighted by Crippen LogP contribution is 2.53. The molecular weight excluding hydrogens is 434 g/mol. The number of ether oxygens (including phenoxy) is 1. The summed E-state index contributed by atoms with van der Waals surface area (Å²) in [4.78, 5) is 23.6. The molecule has 1 heterocycles. The van der Waals surface area contributed by atoms with Gasteiger partial charge in [0.2, 0.25) is 0 Å². The van der Waals surface area contributed by atoms with Crippen LogP contribution in [0.15, 0.2) is 104 Å². The van der Waals surface area contributed by atoms with Crippen molar-refractivity contribution in [3.05, 3.63) is 115 Å². The Balaban J connectivity index is 0.000000145. The Hall–Kier alpha value is -4.44. The molecule has 1 saturated heterocycles. The molecule has 0 atom stereocenters. The lowest BCUT2D eigenvalue weighted by molar-refractivity contribution is -0.125. The molecule has 0 spiro atoms. The van der Waals surface area contributed by atoms with Gasteiger partial charge >= 0.3 is 6.09 Å². The highest BCUT2D eigenvalue weighted by molar-refractivity contribution is 6.11. The Bertz CT molecular complexity index is 1310. The molecule has 1 aliphatic heterocycles. The fraction of sp³-hybridized carbons (Fsp3) is 0.0968. The van der Waals surface area contributed by atoms with E-state index in [-0.39, 0.29) is 12.5 Å². The van der Waals surface area contributed by atoms with Gasteiger partial charge in [0, 0.05) is 6.54 Å². The van der Waals surface area contributed by atoms with Crippen molar-refractivity contribution in [2.24, 2.45) is 0 Å². The van der Waals surface area contributed by atoms with Crippen LogP contribution in [0.25, 0.3) is 39.5 Å². The smallest absolute Gasteiger partial charge is 0.417 e. The summed E-state index contributed by atoms with van der Waals surface area (Å²) in [7, 11) is 0. The average Bonchev–Trinajstić information content (AvgIpc) is 3.22. The molecule has 0 bridgehead atoms. The van der Waals surface area contributed by atoms with Crippen molar-refractivity contribution < 1.29 is 14.3 Å². The first kappa shape index (κ1) is 22.4. The number of carbonyl (C=O) groups is 2. The highest BCUT2D eigenvalue weighted by Gasteiger charge is 2.30. The number of imide groups is 1. The van der Waals surface area contributed by atoms with Crippen molar-refractivity contribution in [3.8, 4) is 33.4 Å². The van der Waals surface area contributed by atoms with E-state index in [2.05, 4.69) is 84.1 Å². The maximum Gasteiger partial charge on any atom is 0.417 e. The Labute approximate surface area is 205 Å². The molecule has 172 valence electrons. The molecule has 4 nitrogen and oxygen atoms in total. The van der Waals surface area contributed by atoms with Crippen molar-refractivity contribution in [2.75, 3.05) is 13.2 Å². The van der Waals surface area contributed by atoms with E-state index < -0.39 is 6.09 Å². The summed E-state index contributed by atoms with van der Waals surface area (Å²) in [6, 6.07) is 33.5. The summed E-state index contributed by atoms with van der Waals surface area (Å²) in [5.74, 6) is -0.269. The van der Waals surface area contributed by atoms with Crippen LogP contribution in [0.3, 0.4) is 0 Å². The van der Waals surface area contributed by atoms with Gasteiger partial charge in [-0.1, -0.05) is 110 Å². The predicted molar refractivity (Wildman–Crippen MR) is 140 cm³/mol. The van der Waals surface area contributed by atoms with E-state index in [1.807, 2.05) is 24.3 Å². The second kappa shape index (κ2) is 9.82. The van der Waals surface area contributed by atoms with Crippen molar-refractivity contribution in [3.63, 3.8) is 0 Å². The molecule has 0 aromatic heterocycles. The number of benzene rings is 4. The van der Waals surface area contributed by atoms with Gasteiger partial charge < -0.3 is 4.74 Å². The fourth-order valence-electron chi connectivity index (χ4n) is 4.42. The van der Waals surface area contributed by atoms with E-state index >= 15 is 0 Å². The third-order valence-electron chi connectivity index (χ3n) is 6.27. The highest BCUT2D eigenvalue weighted by atomic mass is 16.6. The van der Waals surface area contributed by atoms with Crippen LogP contribution in [0.1, 0.15) is 11.1 Å².